The highest BCUT2D eigenvalue weighted by molar-refractivity contribution is 7.92. The van der Waals surface area contributed by atoms with Crippen LogP contribution in [0, 0.1) is 27.7 Å². The van der Waals surface area contributed by atoms with Crippen molar-refractivity contribution in [2.45, 2.75) is 45.6 Å². The number of hydrogen-bond acceptors (Lipinski definition) is 4. The van der Waals surface area contributed by atoms with E-state index in [0.717, 1.165) is 26.6 Å². The van der Waals surface area contributed by atoms with Gasteiger partial charge in [-0.05, 0) is 93.3 Å². The summed E-state index contributed by atoms with van der Waals surface area (Å²) in [5, 5.41) is 2.97. The van der Waals surface area contributed by atoms with E-state index < -0.39 is 10.0 Å². The Hall–Kier alpha value is -3.32. The van der Waals surface area contributed by atoms with Gasteiger partial charge in [0.05, 0.1) is 23.7 Å². The monoisotopic (exact) mass is 480 g/mol. The average molecular weight is 481 g/mol. The van der Waals surface area contributed by atoms with Gasteiger partial charge in [0.15, 0.2) is 0 Å². The Bertz CT molecular complexity index is 1270. The van der Waals surface area contributed by atoms with Crippen LogP contribution >= 0.6 is 0 Å². The molecular formula is C27H32N2O4S. The minimum absolute atomic E-state index is 0.0831. The Balaban J connectivity index is 1.90. The van der Waals surface area contributed by atoms with E-state index in [2.05, 4.69) is 24.4 Å². The molecule has 3 rings (SSSR count). The molecular weight excluding hydrogens is 448 g/mol. The molecule has 0 aliphatic heterocycles. The second kappa shape index (κ2) is 10.3. The Labute approximate surface area is 202 Å². The molecule has 6 nitrogen and oxygen atoms in total. The lowest BCUT2D eigenvalue weighted by Gasteiger charge is -2.26. The minimum atomic E-state index is -3.99. The lowest BCUT2D eigenvalue weighted by atomic mass is 9.96. The van der Waals surface area contributed by atoms with Gasteiger partial charge in [0, 0.05) is 0 Å². The first-order valence-corrected chi connectivity index (χ1v) is 12.6. The lowest BCUT2D eigenvalue weighted by molar-refractivity contribution is -0.120. The molecule has 3 aromatic carbocycles. The van der Waals surface area contributed by atoms with Crippen LogP contribution in [0.25, 0.3) is 0 Å². The van der Waals surface area contributed by atoms with Gasteiger partial charge >= 0.3 is 0 Å². The smallest absolute Gasteiger partial charge is 0.264 e. The van der Waals surface area contributed by atoms with Crippen molar-refractivity contribution in [1.29, 1.82) is 0 Å². The Morgan fingerprint density at radius 2 is 1.50 bits per heavy atom. The average Bonchev–Trinajstić information content (AvgIpc) is 2.80. The van der Waals surface area contributed by atoms with Crippen LogP contribution in [-0.4, -0.2) is 28.0 Å². The number of nitrogens with zero attached hydrogens (tertiary/aromatic N) is 1. The fourth-order valence-electron chi connectivity index (χ4n) is 3.85. The number of anilines is 1. The summed E-state index contributed by atoms with van der Waals surface area (Å²) in [4.78, 5) is 13.2. The number of methoxy groups -OCH3 is 1. The van der Waals surface area contributed by atoms with E-state index >= 15 is 0 Å². The predicted molar refractivity (Wildman–Crippen MR) is 136 cm³/mol. The van der Waals surface area contributed by atoms with E-state index in [1.54, 1.807) is 24.3 Å². The van der Waals surface area contributed by atoms with Crippen LogP contribution < -0.4 is 14.4 Å². The van der Waals surface area contributed by atoms with Crippen molar-refractivity contribution in [1.82, 2.24) is 5.32 Å². The van der Waals surface area contributed by atoms with E-state index in [1.807, 2.05) is 39.8 Å². The molecule has 0 aliphatic carbocycles. The molecule has 3 aromatic rings. The molecule has 0 aromatic heterocycles. The third kappa shape index (κ3) is 5.59. The molecule has 0 fully saturated rings. The van der Waals surface area contributed by atoms with Gasteiger partial charge in [-0.1, -0.05) is 29.8 Å². The van der Waals surface area contributed by atoms with Crippen molar-refractivity contribution in [3.63, 3.8) is 0 Å². The fourth-order valence-corrected chi connectivity index (χ4v) is 5.27. The lowest BCUT2D eigenvalue weighted by Crippen LogP contribution is -2.41. The van der Waals surface area contributed by atoms with E-state index in [1.165, 1.54) is 24.8 Å². The van der Waals surface area contributed by atoms with Gasteiger partial charge in [-0.25, -0.2) is 8.42 Å². The molecule has 1 N–H and O–H groups in total. The van der Waals surface area contributed by atoms with Gasteiger partial charge in [0.1, 0.15) is 12.3 Å². The zero-order chi connectivity index (χ0) is 25.0. The maximum Gasteiger partial charge on any atom is 0.264 e. The van der Waals surface area contributed by atoms with Crippen LogP contribution in [0.15, 0.2) is 65.6 Å². The number of ether oxygens (including phenoxy) is 1. The highest BCUT2D eigenvalue weighted by Crippen LogP contribution is 2.26. The summed E-state index contributed by atoms with van der Waals surface area (Å²) in [6, 6.07) is 17.1. The van der Waals surface area contributed by atoms with Gasteiger partial charge in [0.25, 0.3) is 10.0 Å². The molecule has 0 spiro atoms. The van der Waals surface area contributed by atoms with Gasteiger partial charge in [-0.3, -0.25) is 9.10 Å². The van der Waals surface area contributed by atoms with Crippen molar-refractivity contribution in [3.05, 3.63) is 88.5 Å². The molecule has 0 saturated heterocycles. The summed E-state index contributed by atoms with van der Waals surface area (Å²) in [5.41, 5.74) is 5.84. The van der Waals surface area contributed by atoms with Crippen LogP contribution in [0.1, 0.15) is 40.8 Å². The second-order valence-electron chi connectivity index (χ2n) is 8.61. The summed E-state index contributed by atoms with van der Waals surface area (Å²) in [6.45, 7) is 9.59. The quantitative estimate of drug-likeness (QED) is 0.492. The predicted octanol–water partition coefficient (Wildman–Crippen LogP) is 5.00. The molecule has 0 unspecified atom stereocenters. The maximum absolute atomic E-state index is 13.5. The molecule has 0 radical (unpaired) electrons. The number of rotatable bonds is 8. The van der Waals surface area contributed by atoms with Gasteiger partial charge in [0.2, 0.25) is 5.91 Å². The third-order valence-electron chi connectivity index (χ3n) is 5.98. The van der Waals surface area contributed by atoms with Crippen LogP contribution in [0.3, 0.4) is 0 Å². The van der Waals surface area contributed by atoms with Crippen molar-refractivity contribution in [3.8, 4) is 5.75 Å². The Kier molecular flexibility index (Phi) is 7.67. The number of hydrogen-bond donors (Lipinski definition) is 1. The summed E-state index contributed by atoms with van der Waals surface area (Å²) < 4.78 is 33.4. The summed E-state index contributed by atoms with van der Waals surface area (Å²) in [5.74, 6) is 0.166. The van der Waals surface area contributed by atoms with Crippen LogP contribution in [-0.2, 0) is 14.8 Å². The molecule has 1 atom stereocenters. The topological polar surface area (TPSA) is 75.7 Å². The van der Waals surface area contributed by atoms with Crippen LogP contribution in [0.2, 0.25) is 0 Å². The highest BCUT2D eigenvalue weighted by atomic mass is 32.2. The van der Waals surface area contributed by atoms with Crippen molar-refractivity contribution < 1.29 is 17.9 Å². The van der Waals surface area contributed by atoms with Gasteiger partial charge < -0.3 is 10.1 Å². The molecule has 0 saturated carbocycles. The van der Waals surface area contributed by atoms with E-state index in [-0.39, 0.29) is 23.4 Å². The van der Waals surface area contributed by atoms with E-state index in [4.69, 9.17) is 4.74 Å². The van der Waals surface area contributed by atoms with Gasteiger partial charge in [-0.15, -0.1) is 0 Å². The number of carbonyl (C=O) groups excluding carboxylic acids is 1. The SMILES string of the molecule is COc1ccc(S(=O)(=O)N(CC(=O)N[C@@H](C)c2cc(C)c(C)cc2C)c2ccc(C)cc2)cc1. The Morgan fingerprint density at radius 3 is 2.09 bits per heavy atom. The number of amides is 1. The number of benzene rings is 3. The number of carbonyl (C=O) groups is 1. The zero-order valence-corrected chi connectivity index (χ0v) is 21.4. The number of nitrogens with one attached hydrogen (secondary N) is 1. The first-order chi connectivity index (χ1) is 16.0. The number of aryl methyl sites for hydroxylation is 4. The molecule has 0 aliphatic rings. The molecule has 0 bridgehead atoms. The van der Waals surface area contributed by atoms with E-state index in [0.29, 0.717) is 11.4 Å². The molecule has 0 heterocycles. The maximum atomic E-state index is 13.5. The number of sulfonamides is 1. The molecule has 1 amide bonds. The molecule has 180 valence electrons. The van der Waals surface area contributed by atoms with Crippen LogP contribution in [0.5, 0.6) is 5.75 Å². The standard InChI is InChI=1S/C27H32N2O4S/c1-18-7-9-23(10-8-18)29(34(31,32)25-13-11-24(33-6)12-14-25)17-27(30)28-22(5)26-16-20(3)19(2)15-21(26)4/h7-16,22H,17H2,1-6H3,(H,28,30)/t22-/m0/s1. The third-order valence-corrected chi connectivity index (χ3v) is 7.77. The summed E-state index contributed by atoms with van der Waals surface area (Å²) in [7, 11) is -2.47. The summed E-state index contributed by atoms with van der Waals surface area (Å²) in [6.07, 6.45) is 0. The fraction of sp³-hybridized carbons (Fsp3) is 0.296. The summed E-state index contributed by atoms with van der Waals surface area (Å²) >= 11 is 0. The van der Waals surface area contributed by atoms with Crippen molar-refractivity contribution in [2.75, 3.05) is 18.0 Å². The molecule has 7 heteroatoms. The first kappa shape index (κ1) is 25.3. The normalized spacial score (nSPS) is 12.2. The van der Waals surface area contributed by atoms with Crippen molar-refractivity contribution >= 4 is 21.6 Å². The zero-order valence-electron chi connectivity index (χ0n) is 20.5. The molecule has 34 heavy (non-hydrogen) atoms. The minimum Gasteiger partial charge on any atom is -0.497 e. The van der Waals surface area contributed by atoms with E-state index in [9.17, 15) is 13.2 Å². The largest absolute Gasteiger partial charge is 0.497 e. The van der Waals surface area contributed by atoms with Crippen LogP contribution in [0.4, 0.5) is 5.69 Å². The first-order valence-electron chi connectivity index (χ1n) is 11.1. The second-order valence-corrected chi connectivity index (χ2v) is 10.5. The van der Waals surface area contributed by atoms with Crippen molar-refractivity contribution in [2.24, 2.45) is 0 Å². The highest BCUT2D eigenvalue weighted by Gasteiger charge is 2.28. The Morgan fingerprint density at radius 1 is 0.912 bits per heavy atom. The van der Waals surface area contributed by atoms with Gasteiger partial charge in [-0.2, -0.15) is 0 Å².